The maximum absolute atomic E-state index is 12.2. The molecule has 0 saturated carbocycles. The second-order valence-electron chi connectivity index (χ2n) is 3.82. The average molecular weight is 271 g/mol. The van der Waals surface area contributed by atoms with Gasteiger partial charge in [-0.3, -0.25) is 4.79 Å². The van der Waals surface area contributed by atoms with Crippen LogP contribution in [0.5, 0.6) is 5.88 Å². The molecule has 1 amide bonds. The summed E-state index contributed by atoms with van der Waals surface area (Å²) in [5.41, 5.74) is 0.197. The average Bonchev–Trinajstić information content (AvgIpc) is 2.93. The topological polar surface area (TPSA) is 84.7 Å². The van der Waals surface area contributed by atoms with E-state index in [0.29, 0.717) is 17.5 Å². The van der Waals surface area contributed by atoms with Crippen LogP contribution < -0.4 is 4.74 Å². The van der Waals surface area contributed by atoms with E-state index in [0.717, 1.165) is 0 Å². The molecule has 0 spiro atoms. The van der Waals surface area contributed by atoms with Gasteiger partial charge in [0.1, 0.15) is 6.04 Å². The molecule has 2 heterocycles. The predicted molar refractivity (Wildman–Crippen MR) is 64.7 cm³/mol. The van der Waals surface area contributed by atoms with Crippen LogP contribution in [-0.2, 0) is 11.8 Å². The van der Waals surface area contributed by atoms with Gasteiger partial charge < -0.3 is 14.7 Å². The number of aryl methyl sites for hydroxylation is 1. The number of rotatable bonds is 3. The molecule has 1 N–H and O–H groups in total. The summed E-state index contributed by atoms with van der Waals surface area (Å²) in [5.74, 6) is -0.140. The molecule has 1 aromatic rings. The van der Waals surface area contributed by atoms with Crippen LogP contribution in [0.4, 0.5) is 0 Å². The van der Waals surface area contributed by atoms with Gasteiger partial charge in [-0.25, -0.2) is 9.48 Å². The van der Waals surface area contributed by atoms with Crippen LogP contribution in [0.25, 0.3) is 0 Å². The van der Waals surface area contributed by atoms with Gasteiger partial charge in [-0.15, -0.1) is 11.8 Å². The number of hydrogen-bond acceptors (Lipinski definition) is 5. The number of hydrogen-bond donors (Lipinski definition) is 1. The first kappa shape index (κ1) is 12.7. The summed E-state index contributed by atoms with van der Waals surface area (Å²) in [4.78, 5) is 24.5. The molecular weight excluding hydrogens is 258 g/mol. The van der Waals surface area contributed by atoms with E-state index in [4.69, 9.17) is 9.84 Å². The minimum Gasteiger partial charge on any atom is -0.481 e. The zero-order valence-corrected chi connectivity index (χ0v) is 10.8. The number of ether oxygens (including phenoxy) is 1. The fraction of sp³-hybridized carbons (Fsp3) is 0.500. The standard InChI is InChI=1S/C10H13N3O4S/c1-12-8(17-2)3-6(11-12)9(14)13-5-18-4-7(13)10(15)16/h3,7H,4-5H2,1-2H3,(H,15,16). The Morgan fingerprint density at radius 2 is 2.33 bits per heavy atom. The molecule has 18 heavy (non-hydrogen) atoms. The molecule has 0 aliphatic carbocycles. The SMILES string of the molecule is COc1cc(C(=O)N2CSCC2C(=O)O)nn1C. The van der Waals surface area contributed by atoms with E-state index >= 15 is 0 Å². The van der Waals surface area contributed by atoms with Crippen LogP contribution >= 0.6 is 11.8 Å². The van der Waals surface area contributed by atoms with Crippen LogP contribution in [0.1, 0.15) is 10.5 Å². The molecule has 1 aliphatic heterocycles. The third-order valence-corrected chi connectivity index (χ3v) is 3.71. The summed E-state index contributed by atoms with van der Waals surface area (Å²) in [6, 6.07) is 0.722. The summed E-state index contributed by atoms with van der Waals surface area (Å²) in [7, 11) is 3.14. The Balaban J connectivity index is 2.22. The smallest absolute Gasteiger partial charge is 0.327 e. The van der Waals surface area contributed by atoms with E-state index in [2.05, 4.69) is 5.10 Å². The molecule has 1 aliphatic rings. The molecular formula is C10H13N3O4S. The second kappa shape index (κ2) is 4.89. The molecule has 1 unspecified atom stereocenters. The number of carbonyl (C=O) groups excluding carboxylic acids is 1. The Bertz CT molecular complexity index is 487. The zero-order chi connectivity index (χ0) is 13.3. The van der Waals surface area contributed by atoms with Crippen LogP contribution in [0.2, 0.25) is 0 Å². The summed E-state index contributed by atoms with van der Waals surface area (Å²) in [6.45, 7) is 0. The number of carboxylic acid groups (broad SMARTS) is 1. The minimum atomic E-state index is -0.990. The van der Waals surface area contributed by atoms with Crippen molar-refractivity contribution in [2.75, 3.05) is 18.7 Å². The number of nitrogens with zero attached hydrogens (tertiary/aromatic N) is 3. The van der Waals surface area contributed by atoms with E-state index in [-0.39, 0.29) is 11.6 Å². The summed E-state index contributed by atoms with van der Waals surface area (Å²) >= 11 is 1.42. The Labute approximate surface area is 108 Å². The van der Waals surface area contributed by atoms with Crippen molar-refractivity contribution >= 4 is 23.6 Å². The van der Waals surface area contributed by atoms with Gasteiger partial charge >= 0.3 is 5.97 Å². The number of aromatic nitrogens is 2. The summed E-state index contributed by atoms with van der Waals surface area (Å²) in [6.07, 6.45) is 0. The van der Waals surface area contributed by atoms with Gasteiger partial charge in [0.2, 0.25) is 5.88 Å². The Morgan fingerprint density at radius 3 is 2.89 bits per heavy atom. The van der Waals surface area contributed by atoms with E-state index in [1.54, 1.807) is 7.05 Å². The number of aliphatic carboxylic acids is 1. The quantitative estimate of drug-likeness (QED) is 0.835. The van der Waals surface area contributed by atoms with Gasteiger partial charge in [-0.1, -0.05) is 0 Å². The maximum atomic E-state index is 12.2. The molecule has 7 nitrogen and oxygen atoms in total. The predicted octanol–water partition coefficient (Wildman–Crippen LogP) is 0.0284. The van der Waals surface area contributed by atoms with Gasteiger partial charge in [0.25, 0.3) is 5.91 Å². The highest BCUT2D eigenvalue weighted by Crippen LogP contribution is 2.24. The van der Waals surface area contributed by atoms with Crippen molar-refractivity contribution in [3.63, 3.8) is 0 Å². The number of carboxylic acids is 1. The van der Waals surface area contributed by atoms with Crippen molar-refractivity contribution in [3.8, 4) is 5.88 Å². The van der Waals surface area contributed by atoms with Gasteiger partial charge in [0.05, 0.1) is 13.0 Å². The lowest BCUT2D eigenvalue weighted by atomic mass is 10.2. The highest BCUT2D eigenvalue weighted by molar-refractivity contribution is 7.99. The molecule has 8 heteroatoms. The van der Waals surface area contributed by atoms with E-state index in [9.17, 15) is 9.59 Å². The minimum absolute atomic E-state index is 0.197. The van der Waals surface area contributed by atoms with Crippen molar-refractivity contribution in [1.82, 2.24) is 14.7 Å². The first-order valence-electron chi connectivity index (χ1n) is 5.24. The van der Waals surface area contributed by atoms with Gasteiger partial charge in [0, 0.05) is 18.9 Å². The van der Waals surface area contributed by atoms with Crippen LogP contribution in [0.15, 0.2) is 6.07 Å². The fourth-order valence-corrected chi connectivity index (χ4v) is 2.89. The molecule has 0 bridgehead atoms. The van der Waals surface area contributed by atoms with Crippen molar-refractivity contribution in [2.45, 2.75) is 6.04 Å². The molecule has 1 atom stereocenters. The van der Waals surface area contributed by atoms with Gasteiger partial charge in [-0.05, 0) is 0 Å². The summed E-state index contributed by atoms with van der Waals surface area (Å²) in [5, 5.41) is 13.0. The highest BCUT2D eigenvalue weighted by atomic mass is 32.2. The molecule has 1 aromatic heterocycles. The largest absolute Gasteiger partial charge is 0.481 e. The first-order valence-corrected chi connectivity index (χ1v) is 6.39. The number of methoxy groups -OCH3 is 1. The lowest BCUT2D eigenvalue weighted by molar-refractivity contribution is -0.140. The van der Waals surface area contributed by atoms with Crippen molar-refractivity contribution in [2.24, 2.45) is 7.05 Å². The number of thioether (sulfide) groups is 1. The molecule has 1 saturated heterocycles. The zero-order valence-electron chi connectivity index (χ0n) is 9.99. The second-order valence-corrected chi connectivity index (χ2v) is 4.82. The van der Waals surface area contributed by atoms with E-state index in [1.165, 1.54) is 34.5 Å². The Morgan fingerprint density at radius 1 is 1.61 bits per heavy atom. The fourth-order valence-electron chi connectivity index (χ4n) is 1.74. The molecule has 0 radical (unpaired) electrons. The van der Waals surface area contributed by atoms with Crippen molar-refractivity contribution < 1.29 is 19.4 Å². The number of amides is 1. The third-order valence-electron chi connectivity index (χ3n) is 2.69. The molecule has 2 rings (SSSR count). The normalized spacial score (nSPS) is 19.0. The molecule has 98 valence electrons. The van der Waals surface area contributed by atoms with Crippen LogP contribution in [0, 0.1) is 0 Å². The van der Waals surface area contributed by atoms with Crippen molar-refractivity contribution in [3.05, 3.63) is 11.8 Å². The first-order chi connectivity index (χ1) is 8.54. The van der Waals surface area contributed by atoms with Crippen LogP contribution in [0.3, 0.4) is 0 Å². The van der Waals surface area contributed by atoms with Gasteiger partial charge in [0.15, 0.2) is 5.69 Å². The maximum Gasteiger partial charge on any atom is 0.327 e. The Kier molecular flexibility index (Phi) is 3.46. The van der Waals surface area contributed by atoms with Crippen molar-refractivity contribution in [1.29, 1.82) is 0 Å². The summed E-state index contributed by atoms with van der Waals surface area (Å²) < 4.78 is 6.46. The lowest BCUT2D eigenvalue weighted by Crippen LogP contribution is -2.41. The lowest BCUT2D eigenvalue weighted by Gasteiger charge is -2.18. The van der Waals surface area contributed by atoms with E-state index in [1.807, 2.05) is 0 Å². The third kappa shape index (κ3) is 2.15. The number of carbonyl (C=O) groups is 2. The molecule has 1 fully saturated rings. The highest BCUT2D eigenvalue weighted by Gasteiger charge is 2.36. The Hall–Kier alpha value is -1.70. The molecule has 0 aromatic carbocycles. The van der Waals surface area contributed by atoms with Gasteiger partial charge in [-0.2, -0.15) is 5.10 Å². The monoisotopic (exact) mass is 271 g/mol. The van der Waals surface area contributed by atoms with Crippen LogP contribution in [-0.4, -0.2) is 56.4 Å². The van der Waals surface area contributed by atoms with E-state index < -0.39 is 12.0 Å².